The van der Waals surface area contributed by atoms with Crippen molar-refractivity contribution in [2.75, 3.05) is 4.90 Å². The number of hydrogen-bond acceptors (Lipinski definition) is 2. The highest BCUT2D eigenvalue weighted by Gasteiger charge is 2.22. The third kappa shape index (κ3) is 5.42. The van der Waals surface area contributed by atoms with E-state index in [1.54, 1.807) is 0 Å². The molecule has 0 atom stereocenters. The molecule has 56 heavy (non-hydrogen) atoms. The fourth-order valence-electron chi connectivity index (χ4n) is 8.47. The van der Waals surface area contributed by atoms with E-state index in [0.717, 1.165) is 55.5 Å². The Morgan fingerprint density at radius 3 is 1.80 bits per heavy atom. The lowest BCUT2D eigenvalue weighted by Crippen LogP contribution is -2.12. The van der Waals surface area contributed by atoms with Crippen molar-refractivity contribution in [2.45, 2.75) is 0 Å². The Kier molecular flexibility index (Phi) is 7.53. The molecule has 0 spiro atoms. The van der Waals surface area contributed by atoms with Gasteiger partial charge < -0.3 is 9.32 Å². The lowest BCUT2D eigenvalue weighted by Gasteiger charge is -2.30. The van der Waals surface area contributed by atoms with Gasteiger partial charge in [0.25, 0.3) is 0 Å². The maximum Gasteiger partial charge on any atom is 0.136 e. The minimum absolute atomic E-state index is 0.908. The normalized spacial score (nSPS) is 11.6. The maximum absolute atomic E-state index is 6.32. The first-order chi connectivity index (χ1) is 27.7. The van der Waals surface area contributed by atoms with E-state index < -0.39 is 0 Å². The van der Waals surface area contributed by atoms with Crippen molar-refractivity contribution in [3.8, 4) is 33.4 Å². The first-order valence-electron chi connectivity index (χ1n) is 19.2. The first-order valence-corrected chi connectivity index (χ1v) is 19.2. The van der Waals surface area contributed by atoms with Crippen LogP contribution in [0.3, 0.4) is 0 Å². The third-order valence-corrected chi connectivity index (χ3v) is 11.2. The molecule has 0 fully saturated rings. The molecule has 0 unspecified atom stereocenters. The molecule has 1 aromatic heterocycles. The number of para-hydroxylation sites is 2. The van der Waals surface area contributed by atoms with Gasteiger partial charge in [0.15, 0.2) is 0 Å². The summed E-state index contributed by atoms with van der Waals surface area (Å²) in [6.45, 7) is 0. The summed E-state index contributed by atoms with van der Waals surface area (Å²) < 4.78 is 6.32. The van der Waals surface area contributed by atoms with Gasteiger partial charge in [-0.2, -0.15) is 0 Å². The Balaban J connectivity index is 1.20. The Morgan fingerprint density at radius 2 is 0.929 bits per heavy atom. The second kappa shape index (κ2) is 13.2. The van der Waals surface area contributed by atoms with Gasteiger partial charge in [0.1, 0.15) is 11.2 Å². The lowest BCUT2D eigenvalue weighted by molar-refractivity contribution is 0.669. The average molecular weight is 714 g/mol. The Morgan fingerprint density at radius 1 is 0.286 bits per heavy atom. The average Bonchev–Trinajstić information content (AvgIpc) is 3.64. The highest BCUT2D eigenvalue weighted by molar-refractivity contribution is 6.17. The molecule has 262 valence electrons. The summed E-state index contributed by atoms with van der Waals surface area (Å²) in [6.07, 6.45) is 0. The molecule has 1 heterocycles. The highest BCUT2D eigenvalue weighted by Crippen LogP contribution is 2.47. The SMILES string of the molecule is c1ccc(-c2ccc(N(c3ccc4ccc5cc6oc7ccccc7c6cc5c4c3)c3ccccc3-c3ccccc3)c(-c3ccc4ccccc4c3)c2)cc1. The first kappa shape index (κ1) is 32.0. The number of anilines is 3. The summed E-state index contributed by atoms with van der Waals surface area (Å²) in [4.78, 5) is 2.46. The van der Waals surface area contributed by atoms with Crippen LogP contribution in [0, 0.1) is 0 Å². The number of fused-ring (bicyclic) bond motifs is 7. The van der Waals surface area contributed by atoms with E-state index in [4.69, 9.17) is 4.42 Å². The number of furan rings is 1. The number of benzene rings is 10. The molecule has 0 radical (unpaired) electrons. The predicted octanol–water partition coefficient (Wildman–Crippen LogP) is 15.5. The van der Waals surface area contributed by atoms with Crippen molar-refractivity contribution in [1.82, 2.24) is 0 Å². The molecule has 0 aliphatic carbocycles. The van der Waals surface area contributed by atoms with E-state index in [9.17, 15) is 0 Å². The van der Waals surface area contributed by atoms with Gasteiger partial charge in [-0.15, -0.1) is 0 Å². The Hall–Kier alpha value is -7.42. The van der Waals surface area contributed by atoms with Gasteiger partial charge in [0, 0.05) is 27.6 Å². The van der Waals surface area contributed by atoms with E-state index in [2.05, 4.69) is 211 Å². The molecular formula is C54H35NO. The molecule has 0 aliphatic rings. The second-order valence-electron chi connectivity index (χ2n) is 14.5. The number of nitrogens with zero attached hydrogens (tertiary/aromatic N) is 1. The van der Waals surface area contributed by atoms with Crippen LogP contribution in [0.5, 0.6) is 0 Å². The van der Waals surface area contributed by atoms with Crippen LogP contribution in [0.15, 0.2) is 217 Å². The summed E-state index contributed by atoms with van der Waals surface area (Å²) in [5.41, 5.74) is 12.1. The molecule has 11 rings (SSSR count). The van der Waals surface area contributed by atoms with Crippen molar-refractivity contribution in [2.24, 2.45) is 0 Å². The van der Waals surface area contributed by atoms with Crippen LogP contribution in [0.1, 0.15) is 0 Å². The van der Waals surface area contributed by atoms with Gasteiger partial charge in [-0.1, -0.05) is 158 Å². The zero-order valence-corrected chi connectivity index (χ0v) is 30.6. The van der Waals surface area contributed by atoms with E-state index in [1.165, 1.54) is 49.2 Å². The van der Waals surface area contributed by atoms with Crippen LogP contribution in [-0.4, -0.2) is 0 Å². The quantitative estimate of drug-likeness (QED) is 0.160. The van der Waals surface area contributed by atoms with E-state index in [0.29, 0.717) is 0 Å². The molecule has 2 nitrogen and oxygen atoms in total. The third-order valence-electron chi connectivity index (χ3n) is 11.2. The fourth-order valence-corrected chi connectivity index (χ4v) is 8.47. The van der Waals surface area contributed by atoms with Crippen molar-refractivity contribution < 1.29 is 4.42 Å². The molecule has 10 aromatic carbocycles. The van der Waals surface area contributed by atoms with E-state index in [-0.39, 0.29) is 0 Å². The zero-order valence-electron chi connectivity index (χ0n) is 30.6. The number of hydrogen-bond donors (Lipinski definition) is 0. The summed E-state index contributed by atoms with van der Waals surface area (Å²) in [5.74, 6) is 0. The minimum Gasteiger partial charge on any atom is -0.456 e. The molecule has 0 amide bonds. The topological polar surface area (TPSA) is 16.4 Å². The molecule has 0 bridgehead atoms. The lowest BCUT2D eigenvalue weighted by atomic mass is 9.93. The van der Waals surface area contributed by atoms with Gasteiger partial charge in [0.05, 0.1) is 11.4 Å². The summed E-state index contributed by atoms with van der Waals surface area (Å²) in [6, 6.07) is 76.8. The molecule has 0 saturated carbocycles. The number of rotatable bonds is 6. The molecular weight excluding hydrogens is 679 g/mol. The van der Waals surface area contributed by atoms with Gasteiger partial charge in [-0.05, 0) is 109 Å². The zero-order chi connectivity index (χ0) is 37.0. The predicted molar refractivity (Wildman–Crippen MR) is 237 cm³/mol. The van der Waals surface area contributed by atoms with Gasteiger partial charge in [-0.25, -0.2) is 0 Å². The molecule has 0 N–H and O–H groups in total. The van der Waals surface area contributed by atoms with Crippen LogP contribution in [0.2, 0.25) is 0 Å². The van der Waals surface area contributed by atoms with Crippen LogP contribution >= 0.6 is 0 Å². The fraction of sp³-hybridized carbons (Fsp3) is 0. The molecule has 0 saturated heterocycles. The monoisotopic (exact) mass is 713 g/mol. The molecule has 0 aliphatic heterocycles. The summed E-state index contributed by atoms with van der Waals surface area (Å²) in [5, 5.41) is 9.45. The Bertz CT molecular complexity index is 3250. The van der Waals surface area contributed by atoms with Gasteiger partial charge in [-0.3, -0.25) is 0 Å². The van der Waals surface area contributed by atoms with Crippen LogP contribution in [0.4, 0.5) is 17.1 Å². The maximum atomic E-state index is 6.32. The van der Waals surface area contributed by atoms with E-state index >= 15 is 0 Å². The largest absolute Gasteiger partial charge is 0.456 e. The summed E-state index contributed by atoms with van der Waals surface area (Å²) in [7, 11) is 0. The second-order valence-corrected chi connectivity index (χ2v) is 14.5. The smallest absolute Gasteiger partial charge is 0.136 e. The van der Waals surface area contributed by atoms with Crippen molar-refractivity contribution in [3.05, 3.63) is 212 Å². The molecule has 11 aromatic rings. The van der Waals surface area contributed by atoms with Crippen molar-refractivity contribution >= 4 is 71.3 Å². The Labute approximate surface area is 325 Å². The van der Waals surface area contributed by atoms with Crippen LogP contribution < -0.4 is 4.90 Å². The standard InChI is InChI=1S/C54H35NO/c1-3-13-36(14-4-1)41-28-30-52(49(32-41)42-25-23-37-15-7-8-18-40(37)31-42)55(51-21-11-9-19-45(51)38-16-5-2-6-17-38)44-29-27-39-24-26-43-33-54-50(35-48(43)47(39)34-44)46-20-10-12-22-53(46)56-54/h1-35H. The van der Waals surface area contributed by atoms with Gasteiger partial charge in [0.2, 0.25) is 0 Å². The summed E-state index contributed by atoms with van der Waals surface area (Å²) >= 11 is 0. The van der Waals surface area contributed by atoms with Crippen molar-refractivity contribution in [3.63, 3.8) is 0 Å². The van der Waals surface area contributed by atoms with Gasteiger partial charge >= 0.3 is 0 Å². The van der Waals surface area contributed by atoms with E-state index in [1.807, 2.05) is 6.07 Å². The van der Waals surface area contributed by atoms with Crippen LogP contribution in [-0.2, 0) is 0 Å². The highest BCUT2D eigenvalue weighted by atomic mass is 16.3. The minimum atomic E-state index is 0.908. The van der Waals surface area contributed by atoms with Crippen molar-refractivity contribution in [1.29, 1.82) is 0 Å². The molecule has 2 heteroatoms. The van der Waals surface area contributed by atoms with Crippen LogP contribution in [0.25, 0.3) is 87.6 Å².